The van der Waals surface area contributed by atoms with Crippen molar-refractivity contribution < 1.29 is 4.74 Å². The lowest BCUT2D eigenvalue weighted by Crippen LogP contribution is -2.20. The molecule has 2 nitrogen and oxygen atoms in total. The van der Waals surface area contributed by atoms with Crippen molar-refractivity contribution in [3.8, 4) is 0 Å². The van der Waals surface area contributed by atoms with Crippen molar-refractivity contribution in [3.63, 3.8) is 0 Å². The van der Waals surface area contributed by atoms with Crippen molar-refractivity contribution in [2.24, 2.45) is 0 Å². The summed E-state index contributed by atoms with van der Waals surface area (Å²) < 4.78 is 6.16. The maximum atomic E-state index is 5.06. The van der Waals surface area contributed by atoms with E-state index in [0.717, 1.165) is 10.2 Å². The molecule has 1 rings (SSSR count). The molecular weight excluding hydrogens is 242 g/mol. The van der Waals surface area contributed by atoms with Crippen molar-refractivity contribution in [1.29, 1.82) is 0 Å². The molecule has 0 bridgehead atoms. The molecule has 78 valence electrons. The van der Waals surface area contributed by atoms with Crippen molar-refractivity contribution in [1.82, 2.24) is 0 Å². The number of nitrogens with one attached hydrogen (secondary N) is 1. The van der Waals surface area contributed by atoms with Crippen LogP contribution in [0.4, 0.5) is 5.69 Å². The second-order valence-corrected chi connectivity index (χ2v) is 4.34. The molecule has 0 amide bonds. The van der Waals surface area contributed by atoms with Gasteiger partial charge in [0.15, 0.2) is 0 Å². The van der Waals surface area contributed by atoms with E-state index >= 15 is 0 Å². The zero-order valence-corrected chi connectivity index (χ0v) is 10.4. The number of ether oxygens (including phenoxy) is 1. The van der Waals surface area contributed by atoms with E-state index in [1.807, 2.05) is 0 Å². The van der Waals surface area contributed by atoms with E-state index in [9.17, 15) is 0 Å². The molecular formula is C11H16BrNO. The molecule has 0 heterocycles. The van der Waals surface area contributed by atoms with Gasteiger partial charge in [0.25, 0.3) is 0 Å². The topological polar surface area (TPSA) is 21.3 Å². The van der Waals surface area contributed by atoms with E-state index in [-0.39, 0.29) is 0 Å². The molecule has 1 aromatic carbocycles. The summed E-state index contributed by atoms with van der Waals surface area (Å²) >= 11 is 3.52. The minimum absolute atomic E-state index is 0.319. The van der Waals surface area contributed by atoms with Crippen LogP contribution in [0.25, 0.3) is 0 Å². The summed E-state index contributed by atoms with van der Waals surface area (Å²) in [5.74, 6) is 0. The molecule has 0 aromatic heterocycles. The zero-order valence-electron chi connectivity index (χ0n) is 8.80. The molecule has 0 aliphatic rings. The highest BCUT2D eigenvalue weighted by Crippen LogP contribution is 2.23. The van der Waals surface area contributed by atoms with Crippen LogP contribution in [0, 0.1) is 6.92 Å². The first kappa shape index (κ1) is 11.5. The Kier molecular flexibility index (Phi) is 4.42. The van der Waals surface area contributed by atoms with Crippen LogP contribution in [0.1, 0.15) is 12.5 Å². The molecule has 0 fully saturated rings. The van der Waals surface area contributed by atoms with Gasteiger partial charge in [-0.1, -0.05) is 6.07 Å². The molecule has 0 aliphatic carbocycles. The highest BCUT2D eigenvalue weighted by Gasteiger charge is 2.04. The first-order chi connectivity index (χ1) is 6.63. The van der Waals surface area contributed by atoms with Gasteiger partial charge in [-0.25, -0.2) is 0 Å². The number of aryl methyl sites for hydroxylation is 1. The van der Waals surface area contributed by atoms with Crippen LogP contribution in [0.5, 0.6) is 0 Å². The van der Waals surface area contributed by atoms with Gasteiger partial charge in [0.2, 0.25) is 0 Å². The number of halogens is 1. The van der Waals surface area contributed by atoms with Crippen LogP contribution in [0.3, 0.4) is 0 Å². The lowest BCUT2D eigenvalue weighted by Gasteiger charge is -2.15. The zero-order chi connectivity index (χ0) is 10.6. The first-order valence-corrected chi connectivity index (χ1v) is 5.44. The van der Waals surface area contributed by atoms with Gasteiger partial charge in [-0.2, -0.15) is 0 Å². The Labute approximate surface area is 93.8 Å². The van der Waals surface area contributed by atoms with Crippen LogP contribution in [-0.4, -0.2) is 19.8 Å². The Bertz CT molecular complexity index is 301. The Morgan fingerprint density at radius 2 is 2.21 bits per heavy atom. The predicted molar refractivity (Wildman–Crippen MR) is 63.8 cm³/mol. The number of hydrogen-bond acceptors (Lipinski definition) is 2. The summed E-state index contributed by atoms with van der Waals surface area (Å²) in [6.45, 7) is 4.88. The summed E-state index contributed by atoms with van der Waals surface area (Å²) in [5.41, 5.74) is 2.36. The first-order valence-electron chi connectivity index (χ1n) is 4.65. The largest absolute Gasteiger partial charge is 0.383 e. The highest BCUT2D eigenvalue weighted by atomic mass is 79.9. The molecule has 0 radical (unpaired) electrons. The van der Waals surface area contributed by atoms with Crippen molar-refractivity contribution >= 4 is 21.6 Å². The standard InChI is InChI=1S/C11H16BrNO/c1-8-4-5-11(10(12)6-8)13-9(2)7-14-3/h4-6,9,13H,7H2,1-3H3/t9-/m0/s1. The number of methoxy groups -OCH3 is 1. The average Bonchev–Trinajstić information content (AvgIpc) is 2.10. The van der Waals surface area contributed by atoms with Crippen molar-refractivity contribution in [3.05, 3.63) is 28.2 Å². The van der Waals surface area contributed by atoms with Gasteiger partial charge >= 0.3 is 0 Å². The second-order valence-electron chi connectivity index (χ2n) is 3.48. The fraction of sp³-hybridized carbons (Fsp3) is 0.455. The average molecular weight is 258 g/mol. The molecule has 0 saturated heterocycles. The predicted octanol–water partition coefficient (Wildman–Crippen LogP) is 3.20. The third-order valence-electron chi connectivity index (χ3n) is 1.94. The third-order valence-corrected chi connectivity index (χ3v) is 2.60. The number of benzene rings is 1. The molecule has 0 unspecified atom stereocenters. The smallest absolute Gasteiger partial charge is 0.0661 e. The lowest BCUT2D eigenvalue weighted by atomic mass is 10.2. The van der Waals surface area contributed by atoms with E-state index in [4.69, 9.17) is 4.74 Å². The minimum Gasteiger partial charge on any atom is -0.383 e. The molecule has 3 heteroatoms. The second kappa shape index (κ2) is 5.37. The SMILES string of the molecule is COC[C@H](C)Nc1ccc(C)cc1Br. The summed E-state index contributed by atoms with van der Waals surface area (Å²) in [6.07, 6.45) is 0. The normalized spacial score (nSPS) is 12.6. The molecule has 0 aliphatic heterocycles. The van der Waals surface area contributed by atoms with Crippen LogP contribution in [0.15, 0.2) is 22.7 Å². The summed E-state index contributed by atoms with van der Waals surface area (Å²) in [4.78, 5) is 0. The van der Waals surface area contributed by atoms with Crippen LogP contribution in [-0.2, 0) is 4.74 Å². The fourth-order valence-electron chi connectivity index (χ4n) is 1.29. The minimum atomic E-state index is 0.319. The number of rotatable bonds is 4. The van der Waals surface area contributed by atoms with E-state index in [0.29, 0.717) is 12.6 Å². The van der Waals surface area contributed by atoms with Gasteiger partial charge in [0.1, 0.15) is 0 Å². The number of hydrogen-bond donors (Lipinski definition) is 1. The van der Waals surface area contributed by atoms with Crippen molar-refractivity contribution in [2.45, 2.75) is 19.9 Å². The summed E-state index contributed by atoms with van der Waals surface area (Å²) in [7, 11) is 1.71. The van der Waals surface area contributed by atoms with Gasteiger partial charge in [-0.15, -0.1) is 0 Å². The molecule has 1 N–H and O–H groups in total. The fourth-order valence-corrected chi connectivity index (χ4v) is 1.90. The molecule has 1 aromatic rings. The van der Waals surface area contributed by atoms with E-state index in [1.54, 1.807) is 7.11 Å². The molecule has 14 heavy (non-hydrogen) atoms. The Balaban J connectivity index is 2.67. The molecule has 0 saturated carbocycles. The molecule has 1 atom stereocenters. The number of anilines is 1. The lowest BCUT2D eigenvalue weighted by molar-refractivity contribution is 0.190. The Morgan fingerprint density at radius 3 is 2.79 bits per heavy atom. The Hall–Kier alpha value is -0.540. The van der Waals surface area contributed by atoms with Crippen LogP contribution in [0.2, 0.25) is 0 Å². The van der Waals surface area contributed by atoms with Gasteiger partial charge in [0, 0.05) is 23.3 Å². The highest BCUT2D eigenvalue weighted by molar-refractivity contribution is 9.10. The monoisotopic (exact) mass is 257 g/mol. The maximum absolute atomic E-state index is 5.06. The third kappa shape index (κ3) is 3.31. The summed E-state index contributed by atoms with van der Waals surface area (Å²) in [5, 5.41) is 3.37. The van der Waals surface area contributed by atoms with Crippen LogP contribution >= 0.6 is 15.9 Å². The van der Waals surface area contributed by atoms with Gasteiger partial charge in [-0.3, -0.25) is 0 Å². The quantitative estimate of drug-likeness (QED) is 0.895. The maximum Gasteiger partial charge on any atom is 0.0661 e. The van der Waals surface area contributed by atoms with Gasteiger partial charge in [0.05, 0.1) is 6.61 Å². The van der Waals surface area contributed by atoms with Gasteiger partial charge < -0.3 is 10.1 Å². The Morgan fingerprint density at radius 1 is 1.50 bits per heavy atom. The molecule has 0 spiro atoms. The van der Waals surface area contributed by atoms with Crippen molar-refractivity contribution in [2.75, 3.05) is 19.0 Å². The summed E-state index contributed by atoms with van der Waals surface area (Å²) in [6, 6.07) is 6.58. The van der Waals surface area contributed by atoms with E-state index in [2.05, 4.69) is 53.3 Å². The van der Waals surface area contributed by atoms with Gasteiger partial charge in [-0.05, 0) is 47.5 Å². The van der Waals surface area contributed by atoms with E-state index < -0.39 is 0 Å². The van der Waals surface area contributed by atoms with E-state index in [1.165, 1.54) is 5.56 Å². The van der Waals surface area contributed by atoms with Crippen LogP contribution < -0.4 is 5.32 Å².